The van der Waals surface area contributed by atoms with Crippen LogP contribution in [0.15, 0.2) is 30.5 Å². The van der Waals surface area contributed by atoms with Gasteiger partial charge >= 0.3 is 6.03 Å². The zero-order chi connectivity index (χ0) is 28.0. The summed E-state index contributed by atoms with van der Waals surface area (Å²) in [6.07, 6.45) is 1.63. The summed E-state index contributed by atoms with van der Waals surface area (Å²) in [5.41, 5.74) is 0.504. The van der Waals surface area contributed by atoms with E-state index in [1.807, 2.05) is 6.92 Å². The SMILES string of the molecule is CC(C)CC#Cc1cnc2c(c1)C(=O)N([C@H](C)CO)C[C@H](C)[C@@H](CN(C)C(=O)Nc1cc(F)ccc1F)O2. The Kier molecular flexibility index (Phi) is 9.64. The Hall–Kier alpha value is -3.71. The van der Waals surface area contributed by atoms with E-state index >= 15 is 0 Å². The van der Waals surface area contributed by atoms with E-state index in [0.29, 0.717) is 17.9 Å². The number of halogens is 2. The fraction of sp³-hybridized carbons (Fsp3) is 0.464. The van der Waals surface area contributed by atoms with Crippen molar-refractivity contribution in [1.82, 2.24) is 14.8 Å². The van der Waals surface area contributed by atoms with Crippen molar-refractivity contribution in [3.63, 3.8) is 0 Å². The van der Waals surface area contributed by atoms with Gasteiger partial charge in [0, 0.05) is 43.8 Å². The number of aromatic nitrogens is 1. The zero-order valence-corrected chi connectivity index (χ0v) is 22.3. The number of likely N-dealkylation sites (N-methyl/N-ethyl adjacent to an activating group) is 1. The Balaban J connectivity index is 1.88. The number of amides is 3. The molecule has 1 aromatic heterocycles. The number of carbonyl (C=O) groups excluding carboxylic acids is 2. The lowest BCUT2D eigenvalue weighted by Crippen LogP contribution is -2.50. The van der Waals surface area contributed by atoms with Crippen LogP contribution in [0.4, 0.5) is 19.3 Å². The minimum absolute atomic E-state index is 0.0660. The average molecular weight is 529 g/mol. The quantitative estimate of drug-likeness (QED) is 0.550. The van der Waals surface area contributed by atoms with Gasteiger partial charge in [-0.2, -0.15) is 0 Å². The van der Waals surface area contributed by atoms with Gasteiger partial charge in [-0.1, -0.05) is 32.6 Å². The van der Waals surface area contributed by atoms with Crippen LogP contribution in [0.25, 0.3) is 0 Å². The van der Waals surface area contributed by atoms with Crippen molar-refractivity contribution >= 4 is 17.6 Å². The standard InChI is InChI=1S/C28H34F2N4O4/c1-17(2)7-6-8-20-11-22-26(31-13-20)38-25(18(3)14-34(27(22)36)19(4)16-35)15-33(5)28(37)32-24-12-21(29)9-10-23(24)30/h9-13,17-19,25,35H,7,14-16H2,1-5H3,(H,32,37)/t18-,19+,25+/m0/s1. The van der Waals surface area contributed by atoms with Gasteiger partial charge in [-0.05, 0) is 31.0 Å². The van der Waals surface area contributed by atoms with Gasteiger partial charge in [-0.15, -0.1) is 0 Å². The van der Waals surface area contributed by atoms with E-state index in [1.54, 1.807) is 17.9 Å². The van der Waals surface area contributed by atoms with Crippen molar-refractivity contribution in [2.24, 2.45) is 11.8 Å². The van der Waals surface area contributed by atoms with Crippen LogP contribution in [0, 0.1) is 35.3 Å². The van der Waals surface area contributed by atoms with Crippen LogP contribution in [0.1, 0.15) is 50.0 Å². The Morgan fingerprint density at radius 2 is 2.05 bits per heavy atom. The van der Waals surface area contributed by atoms with Crippen molar-refractivity contribution in [3.8, 4) is 17.7 Å². The molecule has 8 nitrogen and oxygen atoms in total. The first-order chi connectivity index (χ1) is 18.0. The van der Waals surface area contributed by atoms with Crippen LogP contribution in [0.5, 0.6) is 5.88 Å². The molecule has 0 aliphatic carbocycles. The summed E-state index contributed by atoms with van der Waals surface area (Å²) < 4.78 is 33.7. The molecule has 1 aliphatic rings. The van der Waals surface area contributed by atoms with Crippen LogP contribution in [-0.2, 0) is 0 Å². The smallest absolute Gasteiger partial charge is 0.321 e. The first kappa shape index (κ1) is 28.9. The molecule has 0 bridgehead atoms. The predicted octanol–water partition coefficient (Wildman–Crippen LogP) is 4.14. The lowest BCUT2D eigenvalue weighted by molar-refractivity contribution is 0.0356. The molecule has 38 heavy (non-hydrogen) atoms. The summed E-state index contributed by atoms with van der Waals surface area (Å²) in [7, 11) is 1.50. The van der Waals surface area contributed by atoms with Crippen molar-refractivity contribution < 1.29 is 28.2 Å². The number of carbonyl (C=O) groups is 2. The van der Waals surface area contributed by atoms with Crippen LogP contribution in [0.2, 0.25) is 0 Å². The largest absolute Gasteiger partial charge is 0.472 e. The minimum Gasteiger partial charge on any atom is -0.472 e. The van der Waals surface area contributed by atoms with Gasteiger partial charge in [0.25, 0.3) is 5.91 Å². The number of rotatable bonds is 6. The third-order valence-electron chi connectivity index (χ3n) is 6.23. The molecule has 3 atom stereocenters. The van der Waals surface area contributed by atoms with Crippen LogP contribution >= 0.6 is 0 Å². The highest BCUT2D eigenvalue weighted by Gasteiger charge is 2.34. The maximum Gasteiger partial charge on any atom is 0.321 e. The summed E-state index contributed by atoms with van der Waals surface area (Å²) in [4.78, 5) is 33.5. The second kappa shape index (κ2) is 12.7. The fourth-order valence-corrected chi connectivity index (χ4v) is 3.90. The molecule has 2 aromatic rings. The zero-order valence-electron chi connectivity index (χ0n) is 22.3. The van der Waals surface area contributed by atoms with Gasteiger partial charge in [0.1, 0.15) is 23.3 Å². The highest BCUT2D eigenvalue weighted by molar-refractivity contribution is 5.97. The molecule has 2 N–H and O–H groups in total. The van der Waals surface area contributed by atoms with Crippen molar-refractivity contribution in [2.45, 2.75) is 46.3 Å². The number of nitrogens with zero attached hydrogens (tertiary/aromatic N) is 3. The number of aliphatic hydroxyl groups is 1. The van der Waals surface area contributed by atoms with E-state index < -0.39 is 29.8 Å². The molecule has 1 aliphatic heterocycles. The molecule has 2 heterocycles. The van der Waals surface area contributed by atoms with Gasteiger partial charge in [0.15, 0.2) is 0 Å². The number of anilines is 1. The maximum absolute atomic E-state index is 14.0. The van der Waals surface area contributed by atoms with Gasteiger partial charge in [0.05, 0.1) is 24.9 Å². The second-order valence-corrected chi connectivity index (χ2v) is 10.0. The third kappa shape index (κ3) is 7.19. The predicted molar refractivity (Wildman–Crippen MR) is 140 cm³/mol. The number of nitrogens with one attached hydrogen (secondary N) is 1. The normalized spacial score (nSPS) is 17.9. The molecular weight excluding hydrogens is 494 g/mol. The van der Waals surface area contributed by atoms with E-state index in [9.17, 15) is 23.5 Å². The van der Waals surface area contributed by atoms with Gasteiger partial charge < -0.3 is 25.0 Å². The number of pyridine rings is 1. The van der Waals surface area contributed by atoms with Crippen molar-refractivity contribution in [2.75, 3.05) is 32.1 Å². The lowest BCUT2D eigenvalue weighted by atomic mass is 10.00. The molecule has 3 rings (SSSR count). The first-order valence-electron chi connectivity index (χ1n) is 12.5. The number of hydrogen-bond acceptors (Lipinski definition) is 5. The fourth-order valence-electron chi connectivity index (χ4n) is 3.90. The number of benzene rings is 1. The van der Waals surface area contributed by atoms with Crippen LogP contribution < -0.4 is 10.1 Å². The Labute approximate surface area is 222 Å². The maximum atomic E-state index is 14.0. The highest BCUT2D eigenvalue weighted by atomic mass is 19.1. The summed E-state index contributed by atoms with van der Waals surface area (Å²) in [6.45, 7) is 7.82. The molecule has 0 saturated carbocycles. The number of hydrogen-bond donors (Lipinski definition) is 2. The molecule has 0 spiro atoms. The number of aliphatic hydroxyl groups excluding tert-OH is 1. The summed E-state index contributed by atoms with van der Waals surface area (Å²) in [5.74, 6) is 4.57. The summed E-state index contributed by atoms with van der Waals surface area (Å²) >= 11 is 0. The van der Waals surface area contributed by atoms with Gasteiger partial charge in [-0.25, -0.2) is 18.6 Å². The summed E-state index contributed by atoms with van der Waals surface area (Å²) in [5, 5.41) is 12.2. The molecule has 0 radical (unpaired) electrons. The van der Waals surface area contributed by atoms with Crippen molar-refractivity contribution in [1.29, 1.82) is 0 Å². The van der Waals surface area contributed by atoms with E-state index in [4.69, 9.17) is 4.74 Å². The second-order valence-electron chi connectivity index (χ2n) is 10.0. The van der Waals surface area contributed by atoms with E-state index in [1.165, 1.54) is 18.1 Å². The first-order valence-corrected chi connectivity index (χ1v) is 12.5. The molecule has 0 fully saturated rings. The van der Waals surface area contributed by atoms with Crippen LogP contribution in [-0.4, -0.2) is 70.7 Å². The third-order valence-corrected chi connectivity index (χ3v) is 6.23. The number of urea groups is 1. The van der Waals surface area contributed by atoms with E-state index in [0.717, 1.165) is 18.2 Å². The summed E-state index contributed by atoms with van der Waals surface area (Å²) in [6, 6.07) is 3.30. The number of ether oxygens (including phenoxy) is 1. The molecule has 0 saturated heterocycles. The minimum atomic E-state index is -0.763. The van der Waals surface area contributed by atoms with Crippen LogP contribution in [0.3, 0.4) is 0 Å². The topological polar surface area (TPSA) is 95.0 Å². The average Bonchev–Trinajstić information content (AvgIpc) is 2.87. The van der Waals surface area contributed by atoms with E-state index in [-0.39, 0.29) is 48.7 Å². The Morgan fingerprint density at radius 1 is 1.32 bits per heavy atom. The van der Waals surface area contributed by atoms with Crippen molar-refractivity contribution in [3.05, 3.63) is 53.2 Å². The Bertz CT molecular complexity index is 1230. The molecule has 1 aromatic carbocycles. The molecule has 3 amide bonds. The molecular formula is C28H34F2N4O4. The monoisotopic (exact) mass is 528 g/mol. The molecule has 204 valence electrons. The van der Waals surface area contributed by atoms with E-state index in [2.05, 4.69) is 36.0 Å². The molecule has 10 heteroatoms. The lowest BCUT2D eigenvalue weighted by Gasteiger charge is -2.37. The Morgan fingerprint density at radius 3 is 2.74 bits per heavy atom. The molecule has 0 unspecified atom stereocenters. The van der Waals surface area contributed by atoms with Gasteiger partial charge in [0.2, 0.25) is 5.88 Å². The highest BCUT2D eigenvalue weighted by Crippen LogP contribution is 2.27. The number of fused-ring (bicyclic) bond motifs is 1. The van der Waals surface area contributed by atoms with Gasteiger partial charge in [-0.3, -0.25) is 4.79 Å².